The third kappa shape index (κ3) is 2.96. The predicted molar refractivity (Wildman–Crippen MR) is 79.6 cm³/mol. The highest BCUT2D eigenvalue weighted by Gasteiger charge is 2.41. The summed E-state index contributed by atoms with van der Waals surface area (Å²) in [6.07, 6.45) is 1.42. The summed E-state index contributed by atoms with van der Waals surface area (Å²) >= 11 is 0. The second-order valence-corrected chi connectivity index (χ2v) is 7.65. The zero-order valence-electron chi connectivity index (χ0n) is 12.5. The summed E-state index contributed by atoms with van der Waals surface area (Å²) in [6.45, 7) is 5.61. The molecule has 0 aromatic heterocycles. The number of carboxylic acid groups (broad SMARTS) is 1. The standard InChI is InChI=1S/C15H21NO4S/c1-10-6-7-11(2)13(9-10)21(19,20)16-8-4-5-12(3)14(16)15(17)18/h6-7,9,12,14H,4-5,8H2,1-3H3,(H,17,18). The van der Waals surface area contributed by atoms with Gasteiger partial charge in [-0.3, -0.25) is 4.79 Å². The highest BCUT2D eigenvalue weighted by Crippen LogP contribution is 2.30. The maximum absolute atomic E-state index is 12.9. The molecule has 0 bridgehead atoms. The van der Waals surface area contributed by atoms with Crippen molar-refractivity contribution < 1.29 is 18.3 Å². The normalized spacial score (nSPS) is 24.0. The fourth-order valence-corrected chi connectivity index (χ4v) is 4.93. The van der Waals surface area contributed by atoms with Gasteiger partial charge in [-0.25, -0.2) is 8.42 Å². The van der Waals surface area contributed by atoms with E-state index in [1.165, 1.54) is 0 Å². The molecule has 6 heteroatoms. The van der Waals surface area contributed by atoms with Gasteiger partial charge in [-0.1, -0.05) is 19.1 Å². The fourth-order valence-electron chi connectivity index (χ4n) is 2.90. The van der Waals surface area contributed by atoms with E-state index in [-0.39, 0.29) is 17.4 Å². The number of aliphatic carboxylic acids is 1. The van der Waals surface area contributed by atoms with Gasteiger partial charge in [-0.2, -0.15) is 4.31 Å². The van der Waals surface area contributed by atoms with Crippen molar-refractivity contribution in [2.75, 3.05) is 6.54 Å². The molecule has 1 aliphatic rings. The van der Waals surface area contributed by atoms with Crippen LogP contribution in [0.25, 0.3) is 0 Å². The monoisotopic (exact) mass is 311 g/mol. The van der Waals surface area contributed by atoms with Crippen LogP contribution in [-0.4, -0.2) is 36.4 Å². The maximum atomic E-state index is 12.9. The lowest BCUT2D eigenvalue weighted by Crippen LogP contribution is -2.51. The van der Waals surface area contributed by atoms with E-state index in [1.807, 2.05) is 13.0 Å². The number of carbonyl (C=O) groups is 1. The summed E-state index contributed by atoms with van der Waals surface area (Å²) in [6, 6.07) is 4.24. The summed E-state index contributed by atoms with van der Waals surface area (Å²) in [5, 5.41) is 9.41. The minimum Gasteiger partial charge on any atom is -0.480 e. The minimum atomic E-state index is -3.79. The fraction of sp³-hybridized carbons (Fsp3) is 0.533. The predicted octanol–water partition coefficient (Wildman–Crippen LogP) is 2.18. The Morgan fingerprint density at radius 1 is 1.33 bits per heavy atom. The Balaban J connectivity index is 2.51. The van der Waals surface area contributed by atoms with Crippen molar-refractivity contribution >= 4 is 16.0 Å². The van der Waals surface area contributed by atoms with Crippen LogP contribution < -0.4 is 0 Å². The highest BCUT2D eigenvalue weighted by molar-refractivity contribution is 7.89. The van der Waals surface area contributed by atoms with Gasteiger partial charge in [0.25, 0.3) is 0 Å². The molecule has 2 rings (SSSR count). The third-order valence-corrected chi connectivity index (χ3v) is 6.09. The lowest BCUT2D eigenvalue weighted by Gasteiger charge is -2.36. The molecular weight excluding hydrogens is 290 g/mol. The Labute approximate surface area is 125 Å². The van der Waals surface area contributed by atoms with Crippen molar-refractivity contribution in [2.45, 2.75) is 44.6 Å². The average molecular weight is 311 g/mol. The van der Waals surface area contributed by atoms with Gasteiger partial charge in [0.2, 0.25) is 10.0 Å². The summed E-state index contributed by atoms with van der Waals surface area (Å²) in [5.74, 6) is -1.26. The number of sulfonamides is 1. The molecule has 0 spiro atoms. The molecule has 2 atom stereocenters. The average Bonchev–Trinajstić information content (AvgIpc) is 2.40. The van der Waals surface area contributed by atoms with E-state index in [9.17, 15) is 18.3 Å². The summed E-state index contributed by atoms with van der Waals surface area (Å²) < 4.78 is 26.9. The van der Waals surface area contributed by atoms with Gasteiger partial charge in [0, 0.05) is 6.54 Å². The smallest absolute Gasteiger partial charge is 0.322 e. The Bertz CT molecular complexity index is 654. The zero-order valence-corrected chi connectivity index (χ0v) is 13.4. The second-order valence-electron chi connectivity index (χ2n) is 5.79. The van der Waals surface area contributed by atoms with Crippen molar-refractivity contribution in [3.8, 4) is 0 Å². The van der Waals surface area contributed by atoms with E-state index in [4.69, 9.17) is 0 Å². The zero-order chi connectivity index (χ0) is 15.8. The van der Waals surface area contributed by atoms with Gasteiger partial charge >= 0.3 is 5.97 Å². The molecule has 1 aromatic rings. The third-order valence-electron chi connectivity index (χ3n) is 4.07. The number of piperidine rings is 1. The number of nitrogens with zero attached hydrogens (tertiary/aromatic N) is 1. The lowest BCUT2D eigenvalue weighted by atomic mass is 9.93. The van der Waals surface area contributed by atoms with Crippen LogP contribution in [0, 0.1) is 19.8 Å². The van der Waals surface area contributed by atoms with Crippen LogP contribution in [0.3, 0.4) is 0 Å². The Hall–Kier alpha value is -1.40. The topological polar surface area (TPSA) is 74.7 Å². The molecule has 0 amide bonds. The Morgan fingerprint density at radius 2 is 2.00 bits per heavy atom. The second kappa shape index (κ2) is 5.77. The van der Waals surface area contributed by atoms with Gasteiger partial charge in [0.1, 0.15) is 6.04 Å². The maximum Gasteiger partial charge on any atom is 0.322 e. The first-order valence-electron chi connectivity index (χ1n) is 7.07. The molecule has 1 fully saturated rings. The summed E-state index contributed by atoms with van der Waals surface area (Å²) in [7, 11) is -3.79. The van der Waals surface area contributed by atoms with E-state index in [2.05, 4.69) is 0 Å². The van der Waals surface area contributed by atoms with Crippen LogP contribution in [0.2, 0.25) is 0 Å². The van der Waals surface area contributed by atoms with Crippen LogP contribution >= 0.6 is 0 Å². The number of carboxylic acids is 1. The first-order valence-corrected chi connectivity index (χ1v) is 8.51. The molecule has 1 aromatic carbocycles. The molecule has 1 N–H and O–H groups in total. The Kier molecular flexibility index (Phi) is 4.39. The van der Waals surface area contributed by atoms with Crippen LogP contribution in [-0.2, 0) is 14.8 Å². The van der Waals surface area contributed by atoms with Crippen molar-refractivity contribution in [2.24, 2.45) is 5.92 Å². The van der Waals surface area contributed by atoms with Gasteiger partial charge in [0.05, 0.1) is 4.90 Å². The van der Waals surface area contributed by atoms with E-state index >= 15 is 0 Å². The SMILES string of the molecule is Cc1ccc(C)c(S(=O)(=O)N2CCCC(C)C2C(=O)O)c1. The number of aryl methyl sites for hydroxylation is 2. The van der Waals surface area contributed by atoms with Gasteiger partial charge in [-0.15, -0.1) is 0 Å². The van der Waals surface area contributed by atoms with E-state index < -0.39 is 22.0 Å². The molecule has 2 unspecified atom stereocenters. The van der Waals surface area contributed by atoms with E-state index in [0.717, 1.165) is 16.3 Å². The molecule has 21 heavy (non-hydrogen) atoms. The van der Waals surface area contributed by atoms with Crippen molar-refractivity contribution in [1.29, 1.82) is 0 Å². The van der Waals surface area contributed by atoms with E-state index in [0.29, 0.717) is 12.0 Å². The molecule has 5 nitrogen and oxygen atoms in total. The van der Waals surface area contributed by atoms with Crippen molar-refractivity contribution in [3.63, 3.8) is 0 Å². The first kappa shape index (κ1) is 16.0. The molecule has 0 radical (unpaired) electrons. The number of rotatable bonds is 3. The van der Waals surface area contributed by atoms with Gasteiger partial charge in [-0.05, 0) is 49.8 Å². The van der Waals surface area contributed by atoms with Crippen molar-refractivity contribution in [1.82, 2.24) is 4.31 Å². The molecule has 0 aliphatic carbocycles. The van der Waals surface area contributed by atoms with Gasteiger partial charge < -0.3 is 5.11 Å². The number of hydrogen-bond acceptors (Lipinski definition) is 3. The highest BCUT2D eigenvalue weighted by atomic mass is 32.2. The molecule has 1 heterocycles. The molecule has 1 saturated heterocycles. The van der Waals surface area contributed by atoms with Crippen LogP contribution in [0.4, 0.5) is 0 Å². The van der Waals surface area contributed by atoms with Crippen LogP contribution in [0.15, 0.2) is 23.1 Å². The molecular formula is C15H21NO4S. The van der Waals surface area contributed by atoms with Crippen LogP contribution in [0.5, 0.6) is 0 Å². The van der Waals surface area contributed by atoms with E-state index in [1.54, 1.807) is 26.0 Å². The lowest BCUT2D eigenvalue weighted by molar-refractivity contribution is -0.144. The molecule has 1 aliphatic heterocycles. The minimum absolute atomic E-state index is 0.184. The largest absolute Gasteiger partial charge is 0.480 e. The quantitative estimate of drug-likeness (QED) is 0.928. The van der Waals surface area contributed by atoms with Gasteiger partial charge in [0.15, 0.2) is 0 Å². The first-order chi connectivity index (χ1) is 9.75. The summed E-state index contributed by atoms with van der Waals surface area (Å²) in [4.78, 5) is 11.7. The van der Waals surface area contributed by atoms with Crippen LogP contribution in [0.1, 0.15) is 30.9 Å². The molecule has 0 saturated carbocycles. The Morgan fingerprint density at radius 3 is 2.62 bits per heavy atom. The number of benzene rings is 1. The summed E-state index contributed by atoms with van der Waals surface area (Å²) in [5.41, 5.74) is 1.49. The number of hydrogen-bond donors (Lipinski definition) is 1. The molecule has 116 valence electrons. The van der Waals surface area contributed by atoms with Crippen molar-refractivity contribution in [3.05, 3.63) is 29.3 Å².